The molecule has 0 unspecified atom stereocenters. The summed E-state index contributed by atoms with van der Waals surface area (Å²) >= 11 is 5.45. The highest BCUT2D eigenvalue weighted by Gasteiger charge is 2.29. The van der Waals surface area contributed by atoms with Gasteiger partial charge in [0.2, 0.25) is 0 Å². The van der Waals surface area contributed by atoms with E-state index in [2.05, 4.69) is 15.1 Å². The lowest BCUT2D eigenvalue weighted by molar-refractivity contribution is 0.0438. The molecule has 5 heteroatoms. The number of thiocarbonyl (C=S) groups is 1. The number of hydrogen-bond donors (Lipinski definition) is 1. The second-order valence-electron chi connectivity index (χ2n) is 6.02. The molecule has 1 saturated carbocycles. The molecule has 2 heterocycles. The zero-order valence-electron chi connectivity index (χ0n) is 11.6. The maximum absolute atomic E-state index is 5.74. The van der Waals surface area contributed by atoms with Crippen molar-refractivity contribution in [2.24, 2.45) is 0 Å². The Morgan fingerprint density at radius 2 is 2.00 bits per heavy atom. The molecule has 1 aliphatic carbocycles. The Morgan fingerprint density at radius 3 is 2.74 bits per heavy atom. The largest absolute Gasteiger partial charge is 0.376 e. The monoisotopic (exact) mass is 283 g/mol. The van der Waals surface area contributed by atoms with E-state index in [0.29, 0.717) is 6.10 Å². The van der Waals surface area contributed by atoms with Crippen LogP contribution < -0.4 is 5.32 Å². The van der Waals surface area contributed by atoms with Crippen LogP contribution in [0, 0.1) is 0 Å². The van der Waals surface area contributed by atoms with Gasteiger partial charge in [0.25, 0.3) is 0 Å². The predicted octanol–water partition coefficient (Wildman–Crippen LogP) is 1.91. The molecular weight excluding hydrogens is 258 g/mol. The van der Waals surface area contributed by atoms with Gasteiger partial charge in [-0.1, -0.05) is 19.3 Å². The van der Waals surface area contributed by atoms with Gasteiger partial charge in [0.15, 0.2) is 5.11 Å². The molecule has 0 aromatic heterocycles. The molecule has 0 amide bonds. The van der Waals surface area contributed by atoms with Crippen LogP contribution >= 0.6 is 12.2 Å². The maximum Gasteiger partial charge on any atom is 0.171 e. The van der Waals surface area contributed by atoms with E-state index in [1.165, 1.54) is 44.9 Å². The molecule has 2 saturated heterocycles. The Hall–Kier alpha value is -0.390. The molecule has 3 aliphatic rings. The minimum absolute atomic E-state index is 0.381. The van der Waals surface area contributed by atoms with Crippen molar-refractivity contribution in [3.05, 3.63) is 0 Å². The van der Waals surface area contributed by atoms with Crippen molar-refractivity contribution < 1.29 is 4.74 Å². The SMILES string of the molecule is S=C1NCN(C2CCCCC2)CN1C[C@H]1CCCO1. The highest BCUT2D eigenvalue weighted by molar-refractivity contribution is 7.80. The molecule has 1 atom stereocenters. The van der Waals surface area contributed by atoms with Gasteiger partial charge in [0, 0.05) is 19.2 Å². The second kappa shape index (κ2) is 6.37. The fourth-order valence-corrected chi connectivity index (χ4v) is 3.68. The molecule has 3 rings (SSSR count). The first-order valence-corrected chi connectivity index (χ1v) is 8.12. The van der Waals surface area contributed by atoms with Crippen molar-refractivity contribution in [2.45, 2.75) is 57.1 Å². The van der Waals surface area contributed by atoms with Gasteiger partial charge in [-0.05, 0) is 37.9 Å². The third-order valence-electron chi connectivity index (χ3n) is 4.61. The van der Waals surface area contributed by atoms with Crippen LogP contribution in [0.5, 0.6) is 0 Å². The normalized spacial score (nSPS) is 30.6. The first kappa shape index (κ1) is 13.6. The zero-order valence-corrected chi connectivity index (χ0v) is 12.5. The molecule has 108 valence electrons. The summed E-state index contributed by atoms with van der Waals surface area (Å²) in [7, 11) is 0. The first-order chi connectivity index (χ1) is 9.33. The maximum atomic E-state index is 5.74. The van der Waals surface area contributed by atoms with E-state index in [0.717, 1.165) is 37.6 Å². The molecule has 0 aromatic carbocycles. The predicted molar refractivity (Wildman–Crippen MR) is 79.9 cm³/mol. The molecule has 0 radical (unpaired) electrons. The third kappa shape index (κ3) is 3.38. The molecule has 1 N–H and O–H groups in total. The molecule has 19 heavy (non-hydrogen) atoms. The topological polar surface area (TPSA) is 27.7 Å². The van der Waals surface area contributed by atoms with Crippen molar-refractivity contribution in [1.29, 1.82) is 0 Å². The lowest BCUT2D eigenvalue weighted by atomic mass is 9.94. The van der Waals surface area contributed by atoms with E-state index in [-0.39, 0.29) is 0 Å². The van der Waals surface area contributed by atoms with Gasteiger partial charge < -0.3 is 15.0 Å². The van der Waals surface area contributed by atoms with E-state index < -0.39 is 0 Å². The Labute approximate surface area is 121 Å². The van der Waals surface area contributed by atoms with Crippen LogP contribution in [0.4, 0.5) is 0 Å². The average Bonchev–Trinajstić information content (AvgIpc) is 2.95. The summed E-state index contributed by atoms with van der Waals surface area (Å²) in [4.78, 5) is 4.85. The van der Waals surface area contributed by atoms with Gasteiger partial charge in [-0.3, -0.25) is 4.90 Å². The number of ether oxygens (including phenoxy) is 1. The number of nitrogens with one attached hydrogen (secondary N) is 1. The van der Waals surface area contributed by atoms with Crippen LogP contribution in [0.25, 0.3) is 0 Å². The Bertz CT molecular complexity index is 314. The zero-order chi connectivity index (χ0) is 13.1. The van der Waals surface area contributed by atoms with Crippen molar-refractivity contribution in [1.82, 2.24) is 15.1 Å². The van der Waals surface area contributed by atoms with E-state index >= 15 is 0 Å². The van der Waals surface area contributed by atoms with E-state index in [4.69, 9.17) is 17.0 Å². The lowest BCUT2D eigenvalue weighted by Gasteiger charge is -2.43. The van der Waals surface area contributed by atoms with Crippen molar-refractivity contribution in [3.63, 3.8) is 0 Å². The first-order valence-electron chi connectivity index (χ1n) is 7.71. The summed E-state index contributed by atoms with van der Waals surface area (Å²) in [5.41, 5.74) is 0. The minimum Gasteiger partial charge on any atom is -0.376 e. The molecule has 4 nitrogen and oxygen atoms in total. The minimum atomic E-state index is 0.381. The second-order valence-corrected chi connectivity index (χ2v) is 6.41. The van der Waals surface area contributed by atoms with Gasteiger partial charge >= 0.3 is 0 Å². The summed E-state index contributed by atoms with van der Waals surface area (Å²) in [5.74, 6) is 0. The average molecular weight is 283 g/mol. The lowest BCUT2D eigenvalue weighted by Crippen LogP contribution is -2.60. The summed E-state index contributed by atoms with van der Waals surface area (Å²) < 4.78 is 5.74. The van der Waals surface area contributed by atoms with E-state index in [9.17, 15) is 0 Å². The fraction of sp³-hybridized carbons (Fsp3) is 0.929. The van der Waals surface area contributed by atoms with Crippen LogP contribution in [0.15, 0.2) is 0 Å². The molecule has 0 bridgehead atoms. The van der Waals surface area contributed by atoms with E-state index in [1.54, 1.807) is 0 Å². The summed E-state index contributed by atoms with van der Waals surface area (Å²) in [5, 5.41) is 4.29. The molecule has 0 aromatic rings. The Morgan fingerprint density at radius 1 is 1.16 bits per heavy atom. The number of nitrogens with zero attached hydrogens (tertiary/aromatic N) is 2. The molecule has 3 fully saturated rings. The third-order valence-corrected chi connectivity index (χ3v) is 5.01. The Kier molecular flexibility index (Phi) is 4.56. The van der Waals surface area contributed by atoms with Gasteiger partial charge in [-0.25, -0.2) is 0 Å². The highest BCUT2D eigenvalue weighted by atomic mass is 32.1. The van der Waals surface area contributed by atoms with Crippen molar-refractivity contribution >= 4 is 17.3 Å². The standard InChI is InChI=1S/C14H25N3OS/c19-14-15-10-17(12-5-2-1-3-6-12)11-16(14)9-13-7-4-8-18-13/h12-13H,1-11H2,(H,15,19)/t13-/m1/s1. The van der Waals surface area contributed by atoms with Crippen molar-refractivity contribution in [3.8, 4) is 0 Å². The summed E-state index contributed by atoms with van der Waals surface area (Å²) in [6.45, 7) is 3.78. The van der Waals surface area contributed by atoms with Crippen LogP contribution in [0.1, 0.15) is 44.9 Å². The molecule has 2 aliphatic heterocycles. The van der Waals surface area contributed by atoms with Crippen LogP contribution in [-0.2, 0) is 4.74 Å². The highest BCUT2D eigenvalue weighted by Crippen LogP contribution is 2.24. The summed E-state index contributed by atoms with van der Waals surface area (Å²) in [6, 6.07) is 0.747. The number of hydrogen-bond acceptors (Lipinski definition) is 3. The van der Waals surface area contributed by atoms with Gasteiger partial charge in [0.1, 0.15) is 0 Å². The number of rotatable bonds is 3. The van der Waals surface area contributed by atoms with Gasteiger partial charge in [-0.15, -0.1) is 0 Å². The van der Waals surface area contributed by atoms with E-state index in [1.807, 2.05) is 0 Å². The quantitative estimate of drug-likeness (QED) is 0.799. The van der Waals surface area contributed by atoms with Crippen LogP contribution in [-0.4, -0.2) is 53.5 Å². The van der Waals surface area contributed by atoms with Crippen LogP contribution in [0.3, 0.4) is 0 Å². The molecular formula is C14H25N3OS. The van der Waals surface area contributed by atoms with Gasteiger partial charge in [-0.2, -0.15) is 0 Å². The van der Waals surface area contributed by atoms with Crippen molar-refractivity contribution in [2.75, 3.05) is 26.5 Å². The fourth-order valence-electron chi connectivity index (χ4n) is 3.48. The Balaban J connectivity index is 1.55. The molecule has 0 spiro atoms. The van der Waals surface area contributed by atoms with Crippen LogP contribution in [0.2, 0.25) is 0 Å². The smallest absolute Gasteiger partial charge is 0.171 e. The summed E-state index contributed by atoms with van der Waals surface area (Å²) in [6.07, 6.45) is 9.65. The van der Waals surface area contributed by atoms with Gasteiger partial charge in [0.05, 0.1) is 19.4 Å².